The maximum absolute atomic E-state index is 13.6. The van der Waals surface area contributed by atoms with Gasteiger partial charge in [0.15, 0.2) is 5.01 Å². The number of alkyl halides is 2. The zero-order chi connectivity index (χ0) is 20.9. The first-order valence-electron chi connectivity index (χ1n) is 9.45. The van der Waals surface area contributed by atoms with E-state index in [0.29, 0.717) is 18.7 Å². The van der Waals surface area contributed by atoms with Crippen LogP contribution < -0.4 is 0 Å². The fraction of sp³-hybridized carbons (Fsp3) is 0.238. The highest BCUT2D eigenvalue weighted by Gasteiger charge is 2.37. The van der Waals surface area contributed by atoms with Gasteiger partial charge in [0.1, 0.15) is 10.9 Å². The lowest BCUT2D eigenvalue weighted by atomic mass is 9.98. The average molecular weight is 425 g/mol. The minimum absolute atomic E-state index is 0.177. The zero-order valence-corrected chi connectivity index (χ0v) is 16.8. The van der Waals surface area contributed by atoms with E-state index >= 15 is 0 Å². The summed E-state index contributed by atoms with van der Waals surface area (Å²) in [5.74, 6) is -3.43. The van der Waals surface area contributed by atoms with Gasteiger partial charge in [0.05, 0.1) is 29.4 Å². The Hall–Kier alpha value is -3.20. The van der Waals surface area contributed by atoms with E-state index in [-0.39, 0.29) is 15.8 Å². The van der Waals surface area contributed by atoms with Gasteiger partial charge in [-0.25, -0.2) is 9.97 Å². The van der Waals surface area contributed by atoms with Crippen molar-refractivity contribution in [3.8, 4) is 0 Å². The lowest BCUT2D eigenvalue weighted by Gasteiger charge is -2.34. The molecule has 4 aromatic rings. The van der Waals surface area contributed by atoms with Crippen LogP contribution in [0.1, 0.15) is 44.7 Å². The van der Waals surface area contributed by atoms with Gasteiger partial charge in [-0.15, -0.1) is 11.3 Å². The van der Waals surface area contributed by atoms with Crippen molar-refractivity contribution in [2.24, 2.45) is 0 Å². The van der Waals surface area contributed by atoms with Crippen LogP contribution in [0.4, 0.5) is 8.78 Å². The second-order valence-electron chi connectivity index (χ2n) is 7.26. The molecule has 152 valence electrons. The van der Waals surface area contributed by atoms with Crippen molar-refractivity contribution in [2.75, 3.05) is 6.54 Å². The number of fused-ring (bicyclic) bond motifs is 2. The first-order chi connectivity index (χ1) is 14.4. The van der Waals surface area contributed by atoms with E-state index in [9.17, 15) is 13.6 Å². The van der Waals surface area contributed by atoms with Gasteiger partial charge in [0.2, 0.25) is 0 Å². The van der Waals surface area contributed by atoms with Crippen LogP contribution in [0.5, 0.6) is 0 Å². The van der Waals surface area contributed by atoms with Crippen LogP contribution in [0.25, 0.3) is 10.9 Å². The minimum Gasteiger partial charge on any atom is -0.348 e. The highest BCUT2D eigenvalue weighted by molar-refractivity contribution is 7.13. The molecule has 0 fully saturated rings. The number of nitrogens with zero attached hydrogens (tertiary/aromatic N) is 4. The first-order valence-corrected chi connectivity index (χ1v) is 10.3. The maximum Gasteiger partial charge on any atom is 0.296 e. The predicted octanol–water partition coefficient (Wildman–Crippen LogP) is 4.31. The number of nitrogens with one attached hydrogen (secondary N) is 1. The molecule has 0 saturated heterocycles. The molecule has 1 atom stereocenters. The van der Waals surface area contributed by atoms with E-state index in [1.807, 2.05) is 36.4 Å². The SMILES string of the molecule is CC(F)(F)c1ncc(C(=O)N2CCc3[nH]cnc3[C@H]2c2ccc3ccccc3n2)s1. The molecule has 3 aromatic heterocycles. The van der Waals surface area contributed by atoms with E-state index in [2.05, 4.69) is 15.0 Å². The molecule has 0 bridgehead atoms. The number of para-hydroxylation sites is 1. The highest BCUT2D eigenvalue weighted by Crippen LogP contribution is 2.36. The van der Waals surface area contributed by atoms with Crippen molar-refractivity contribution >= 4 is 28.1 Å². The lowest BCUT2D eigenvalue weighted by Crippen LogP contribution is -2.40. The predicted molar refractivity (Wildman–Crippen MR) is 109 cm³/mol. The largest absolute Gasteiger partial charge is 0.348 e. The van der Waals surface area contributed by atoms with Crippen molar-refractivity contribution in [3.05, 3.63) is 75.9 Å². The number of pyridine rings is 1. The monoisotopic (exact) mass is 425 g/mol. The molecular weight excluding hydrogens is 408 g/mol. The van der Waals surface area contributed by atoms with Crippen molar-refractivity contribution in [1.82, 2.24) is 24.8 Å². The summed E-state index contributed by atoms with van der Waals surface area (Å²) in [6, 6.07) is 11.1. The van der Waals surface area contributed by atoms with Gasteiger partial charge in [0.25, 0.3) is 11.8 Å². The second kappa shape index (κ2) is 6.94. The summed E-state index contributed by atoms with van der Waals surface area (Å²) in [7, 11) is 0. The number of benzene rings is 1. The van der Waals surface area contributed by atoms with Gasteiger partial charge in [-0.3, -0.25) is 9.78 Å². The quantitative estimate of drug-likeness (QED) is 0.531. The summed E-state index contributed by atoms with van der Waals surface area (Å²) < 4.78 is 27.2. The molecule has 9 heteroatoms. The van der Waals surface area contributed by atoms with Gasteiger partial charge in [0, 0.05) is 31.0 Å². The topological polar surface area (TPSA) is 74.8 Å². The number of aromatic amines is 1. The standard InChI is InChI=1S/C21H17F2N5OS/c1-21(22,23)20-24-10-16(30-20)19(29)28-9-8-14-17(26-11-25-14)18(28)15-7-6-12-4-2-3-5-13(12)27-15/h2-7,10-11,18H,8-9H2,1H3,(H,25,26)/t18-/m1/s1. The van der Waals surface area contributed by atoms with Crippen LogP contribution in [0.15, 0.2) is 48.9 Å². The number of H-pyrrole nitrogens is 1. The van der Waals surface area contributed by atoms with Crippen molar-refractivity contribution in [1.29, 1.82) is 0 Å². The minimum atomic E-state index is -3.08. The molecule has 0 aliphatic carbocycles. The number of halogens is 2. The Morgan fingerprint density at radius 3 is 2.87 bits per heavy atom. The molecule has 0 radical (unpaired) electrons. The van der Waals surface area contributed by atoms with Crippen LogP contribution in [-0.4, -0.2) is 37.3 Å². The van der Waals surface area contributed by atoms with E-state index in [4.69, 9.17) is 4.98 Å². The van der Waals surface area contributed by atoms with Crippen LogP contribution in [0.3, 0.4) is 0 Å². The van der Waals surface area contributed by atoms with Crippen LogP contribution in [0.2, 0.25) is 0 Å². The van der Waals surface area contributed by atoms with Gasteiger partial charge in [-0.2, -0.15) is 8.78 Å². The number of amides is 1. The molecular formula is C21H17F2N5OS. The Labute approximate surface area is 174 Å². The number of hydrogen-bond acceptors (Lipinski definition) is 5. The average Bonchev–Trinajstić information content (AvgIpc) is 3.41. The molecule has 1 aliphatic heterocycles. The van der Waals surface area contributed by atoms with Crippen LogP contribution in [0, 0.1) is 0 Å². The summed E-state index contributed by atoms with van der Waals surface area (Å²) in [5, 5.41) is 0.623. The third-order valence-corrected chi connectivity index (χ3v) is 6.34. The molecule has 0 saturated carbocycles. The Kier molecular flexibility index (Phi) is 4.35. The fourth-order valence-corrected chi connectivity index (χ4v) is 4.55. The molecule has 4 heterocycles. The fourth-order valence-electron chi connectivity index (χ4n) is 3.75. The molecule has 1 amide bonds. The molecule has 1 aromatic carbocycles. The number of carbonyl (C=O) groups is 1. The Balaban J connectivity index is 1.58. The molecule has 30 heavy (non-hydrogen) atoms. The van der Waals surface area contributed by atoms with Crippen molar-refractivity contribution in [3.63, 3.8) is 0 Å². The molecule has 1 N–H and O–H groups in total. The van der Waals surface area contributed by atoms with Gasteiger partial charge >= 0.3 is 0 Å². The number of imidazole rings is 1. The zero-order valence-electron chi connectivity index (χ0n) is 16.0. The number of hydrogen-bond donors (Lipinski definition) is 1. The van der Waals surface area contributed by atoms with Crippen LogP contribution >= 0.6 is 11.3 Å². The Bertz CT molecular complexity index is 1250. The Morgan fingerprint density at radius 2 is 2.07 bits per heavy atom. The normalized spacial score (nSPS) is 16.6. The number of thiazole rings is 1. The number of carbonyl (C=O) groups excluding carboxylic acids is 1. The van der Waals surface area contributed by atoms with Gasteiger partial charge < -0.3 is 9.88 Å². The summed E-state index contributed by atoms with van der Waals surface area (Å²) in [6.45, 7) is 1.20. The van der Waals surface area contributed by atoms with E-state index < -0.39 is 12.0 Å². The summed E-state index contributed by atoms with van der Waals surface area (Å²) >= 11 is 0.724. The van der Waals surface area contributed by atoms with Crippen molar-refractivity contribution < 1.29 is 13.6 Å². The molecule has 0 spiro atoms. The molecule has 6 nitrogen and oxygen atoms in total. The first kappa shape index (κ1) is 18.8. The summed E-state index contributed by atoms with van der Waals surface area (Å²) in [5.41, 5.74) is 3.17. The lowest BCUT2D eigenvalue weighted by molar-refractivity contribution is 0.0172. The van der Waals surface area contributed by atoms with E-state index in [1.165, 1.54) is 6.20 Å². The van der Waals surface area contributed by atoms with Gasteiger partial charge in [-0.1, -0.05) is 24.3 Å². The van der Waals surface area contributed by atoms with Crippen LogP contribution in [-0.2, 0) is 12.3 Å². The summed E-state index contributed by atoms with van der Waals surface area (Å²) in [6.07, 6.45) is 3.43. The Morgan fingerprint density at radius 1 is 1.23 bits per heavy atom. The smallest absolute Gasteiger partial charge is 0.296 e. The van der Waals surface area contributed by atoms with Gasteiger partial charge in [-0.05, 0) is 12.1 Å². The molecule has 5 rings (SSSR count). The summed E-state index contributed by atoms with van der Waals surface area (Å²) in [4.78, 5) is 31.2. The number of aromatic nitrogens is 4. The molecule has 0 unspecified atom stereocenters. The maximum atomic E-state index is 13.6. The second-order valence-corrected chi connectivity index (χ2v) is 8.29. The third-order valence-electron chi connectivity index (χ3n) is 5.18. The van der Waals surface area contributed by atoms with E-state index in [0.717, 1.165) is 40.6 Å². The van der Waals surface area contributed by atoms with E-state index in [1.54, 1.807) is 11.2 Å². The highest BCUT2D eigenvalue weighted by atomic mass is 32.1. The third kappa shape index (κ3) is 3.15. The van der Waals surface area contributed by atoms with Crippen molar-refractivity contribution in [2.45, 2.75) is 25.3 Å². The number of rotatable bonds is 3. The molecule has 1 aliphatic rings.